The number of nitrogens with zero attached hydrogens (tertiary/aromatic N) is 2. The highest BCUT2D eigenvalue weighted by molar-refractivity contribution is 5.82. The molecular formula is C14H16N4O. The maximum atomic E-state index is 11.9. The fourth-order valence-corrected chi connectivity index (χ4v) is 1.61. The first kappa shape index (κ1) is 13.2. The zero-order chi connectivity index (χ0) is 13.7. The molecule has 0 aliphatic carbocycles. The van der Waals surface area contributed by atoms with Crippen LogP contribution in [0.5, 0.6) is 0 Å². The molecule has 5 nitrogen and oxygen atoms in total. The van der Waals surface area contributed by atoms with Gasteiger partial charge in [-0.1, -0.05) is 30.3 Å². The molecule has 2 aromatic rings. The molecular weight excluding hydrogens is 240 g/mol. The summed E-state index contributed by atoms with van der Waals surface area (Å²) in [4.78, 5) is 20.2. The van der Waals surface area contributed by atoms with Crippen molar-refractivity contribution in [1.82, 2.24) is 15.3 Å². The van der Waals surface area contributed by atoms with E-state index in [1.165, 1.54) is 0 Å². The number of nitrogens with two attached hydrogens (primary N) is 1. The lowest BCUT2D eigenvalue weighted by Crippen LogP contribution is -2.33. The predicted molar refractivity (Wildman–Crippen MR) is 72.0 cm³/mol. The van der Waals surface area contributed by atoms with E-state index in [-0.39, 0.29) is 5.91 Å². The maximum absolute atomic E-state index is 11.9. The summed E-state index contributed by atoms with van der Waals surface area (Å²) in [5, 5.41) is 2.75. The topological polar surface area (TPSA) is 80.9 Å². The molecule has 3 N–H and O–H groups in total. The summed E-state index contributed by atoms with van der Waals surface area (Å²) in [5.41, 5.74) is 8.22. The summed E-state index contributed by atoms with van der Waals surface area (Å²) in [6, 6.07) is 8.59. The van der Waals surface area contributed by atoms with E-state index in [1.54, 1.807) is 12.4 Å². The quantitative estimate of drug-likeness (QED) is 0.858. The minimum absolute atomic E-state index is 0.228. The second-order valence-electron chi connectivity index (χ2n) is 4.26. The van der Waals surface area contributed by atoms with Crippen molar-refractivity contribution in [3.8, 4) is 0 Å². The average Bonchev–Trinajstić information content (AvgIpc) is 2.46. The minimum Gasteiger partial charge on any atom is -0.349 e. The number of amides is 1. The number of carbonyl (C=O) groups is 1. The summed E-state index contributed by atoms with van der Waals surface area (Å²) in [6.07, 6.45) is 3.31. The van der Waals surface area contributed by atoms with Crippen molar-refractivity contribution in [2.75, 3.05) is 0 Å². The van der Waals surface area contributed by atoms with Gasteiger partial charge in [0.1, 0.15) is 6.04 Å². The average molecular weight is 256 g/mol. The third-order valence-corrected chi connectivity index (χ3v) is 2.72. The number of aromatic nitrogens is 2. The Morgan fingerprint density at radius 1 is 1.26 bits per heavy atom. The number of rotatable bonds is 4. The van der Waals surface area contributed by atoms with Gasteiger partial charge in [0.15, 0.2) is 0 Å². The number of benzene rings is 1. The smallest absolute Gasteiger partial charge is 0.241 e. The second-order valence-corrected chi connectivity index (χ2v) is 4.26. The molecule has 98 valence electrons. The molecule has 1 aromatic heterocycles. The summed E-state index contributed by atoms with van der Waals surface area (Å²) in [7, 11) is 0. The van der Waals surface area contributed by atoms with Gasteiger partial charge in [0.2, 0.25) is 5.91 Å². The van der Waals surface area contributed by atoms with Crippen molar-refractivity contribution in [3.63, 3.8) is 0 Å². The number of hydrogen-bond donors (Lipinski definition) is 2. The van der Waals surface area contributed by atoms with E-state index < -0.39 is 6.04 Å². The van der Waals surface area contributed by atoms with Crippen molar-refractivity contribution in [2.24, 2.45) is 5.73 Å². The third-order valence-electron chi connectivity index (χ3n) is 2.72. The first-order chi connectivity index (χ1) is 9.16. The van der Waals surface area contributed by atoms with Crippen molar-refractivity contribution < 1.29 is 4.79 Å². The van der Waals surface area contributed by atoms with Crippen LogP contribution >= 0.6 is 0 Å². The van der Waals surface area contributed by atoms with Crippen LogP contribution in [0.1, 0.15) is 23.0 Å². The Balaban J connectivity index is 1.93. The van der Waals surface area contributed by atoms with Gasteiger partial charge >= 0.3 is 0 Å². The zero-order valence-corrected chi connectivity index (χ0v) is 10.7. The Morgan fingerprint density at radius 2 is 2.00 bits per heavy atom. The highest BCUT2D eigenvalue weighted by atomic mass is 16.2. The van der Waals surface area contributed by atoms with Crippen LogP contribution < -0.4 is 11.1 Å². The van der Waals surface area contributed by atoms with E-state index in [0.717, 1.165) is 11.3 Å². The molecule has 0 saturated heterocycles. The van der Waals surface area contributed by atoms with E-state index in [2.05, 4.69) is 15.3 Å². The first-order valence-corrected chi connectivity index (χ1v) is 6.02. The monoisotopic (exact) mass is 256 g/mol. The van der Waals surface area contributed by atoms with Crippen molar-refractivity contribution in [1.29, 1.82) is 0 Å². The van der Waals surface area contributed by atoms with Gasteiger partial charge in [0.05, 0.1) is 24.1 Å². The second kappa shape index (κ2) is 6.06. The van der Waals surface area contributed by atoms with E-state index in [1.807, 2.05) is 37.3 Å². The molecule has 1 atom stereocenters. The Bertz CT molecular complexity index is 539. The molecule has 1 heterocycles. The predicted octanol–water partition coefficient (Wildman–Crippen LogP) is 1.10. The Labute approximate surface area is 111 Å². The summed E-state index contributed by atoms with van der Waals surface area (Å²) in [6.45, 7) is 2.19. The molecule has 0 spiro atoms. The van der Waals surface area contributed by atoms with Crippen molar-refractivity contribution in [3.05, 3.63) is 59.7 Å². The molecule has 0 unspecified atom stereocenters. The molecule has 1 aromatic carbocycles. The lowest BCUT2D eigenvalue weighted by atomic mass is 10.1. The van der Waals surface area contributed by atoms with Gasteiger partial charge in [-0.05, 0) is 12.5 Å². The summed E-state index contributed by atoms with van der Waals surface area (Å²) >= 11 is 0. The van der Waals surface area contributed by atoms with Crippen LogP contribution in [0.2, 0.25) is 0 Å². The van der Waals surface area contributed by atoms with Gasteiger partial charge in [0, 0.05) is 6.20 Å². The van der Waals surface area contributed by atoms with Crippen molar-refractivity contribution >= 4 is 5.91 Å². The number of aryl methyl sites for hydroxylation is 1. The number of hydrogen-bond acceptors (Lipinski definition) is 4. The first-order valence-electron chi connectivity index (χ1n) is 6.02. The fraction of sp³-hybridized carbons (Fsp3) is 0.214. The van der Waals surface area contributed by atoms with Crippen LogP contribution in [0.15, 0.2) is 42.7 Å². The number of carbonyl (C=O) groups excluding carboxylic acids is 1. The van der Waals surface area contributed by atoms with Crippen LogP contribution in [0.4, 0.5) is 0 Å². The van der Waals surface area contributed by atoms with Crippen molar-refractivity contribution in [2.45, 2.75) is 19.5 Å². The van der Waals surface area contributed by atoms with Gasteiger partial charge in [0.25, 0.3) is 0 Å². The van der Waals surface area contributed by atoms with E-state index in [0.29, 0.717) is 12.2 Å². The van der Waals surface area contributed by atoms with Gasteiger partial charge in [-0.2, -0.15) is 0 Å². The van der Waals surface area contributed by atoms with Gasteiger partial charge in [-0.25, -0.2) is 0 Å². The molecule has 5 heteroatoms. The SMILES string of the molecule is Cc1cnc(CNC(=O)[C@H](N)c2ccccc2)cn1. The third kappa shape index (κ3) is 3.59. The lowest BCUT2D eigenvalue weighted by molar-refractivity contribution is -0.122. The fourth-order valence-electron chi connectivity index (χ4n) is 1.61. The largest absolute Gasteiger partial charge is 0.349 e. The molecule has 0 saturated carbocycles. The van der Waals surface area contributed by atoms with Gasteiger partial charge < -0.3 is 11.1 Å². The minimum atomic E-state index is -0.667. The Morgan fingerprint density at radius 3 is 2.63 bits per heavy atom. The molecule has 0 radical (unpaired) electrons. The van der Waals surface area contributed by atoms with Crippen LogP contribution in [0, 0.1) is 6.92 Å². The van der Waals surface area contributed by atoms with E-state index >= 15 is 0 Å². The number of nitrogens with one attached hydrogen (secondary N) is 1. The summed E-state index contributed by atoms with van der Waals surface area (Å²) < 4.78 is 0. The lowest BCUT2D eigenvalue weighted by Gasteiger charge is -2.12. The standard InChI is InChI=1S/C14H16N4O/c1-10-7-17-12(8-16-10)9-18-14(19)13(15)11-5-3-2-4-6-11/h2-8,13H,9,15H2,1H3,(H,18,19)/t13-/m1/s1. The molecule has 0 fully saturated rings. The molecule has 0 aliphatic heterocycles. The van der Waals surface area contributed by atoms with Crippen LogP contribution in [-0.4, -0.2) is 15.9 Å². The normalized spacial score (nSPS) is 11.9. The zero-order valence-electron chi connectivity index (χ0n) is 10.7. The maximum Gasteiger partial charge on any atom is 0.241 e. The highest BCUT2D eigenvalue weighted by Gasteiger charge is 2.14. The van der Waals surface area contributed by atoms with Gasteiger partial charge in [-0.15, -0.1) is 0 Å². The van der Waals surface area contributed by atoms with Crippen LogP contribution in [0.3, 0.4) is 0 Å². The van der Waals surface area contributed by atoms with Crippen LogP contribution in [-0.2, 0) is 11.3 Å². The Hall–Kier alpha value is -2.27. The van der Waals surface area contributed by atoms with E-state index in [4.69, 9.17) is 5.73 Å². The highest BCUT2D eigenvalue weighted by Crippen LogP contribution is 2.09. The van der Waals surface area contributed by atoms with Gasteiger partial charge in [-0.3, -0.25) is 14.8 Å². The molecule has 0 bridgehead atoms. The van der Waals surface area contributed by atoms with Crippen LogP contribution in [0.25, 0.3) is 0 Å². The Kier molecular flexibility index (Phi) is 4.20. The molecule has 19 heavy (non-hydrogen) atoms. The molecule has 1 amide bonds. The summed E-state index contributed by atoms with van der Waals surface area (Å²) in [5.74, 6) is -0.228. The molecule has 0 aliphatic rings. The molecule has 2 rings (SSSR count). The van der Waals surface area contributed by atoms with E-state index in [9.17, 15) is 4.79 Å².